The first-order chi connectivity index (χ1) is 25.2. The van der Waals surface area contributed by atoms with Gasteiger partial charge in [-0.2, -0.15) is 18.2 Å². The summed E-state index contributed by atoms with van der Waals surface area (Å²) in [5, 5.41) is 5.33. The number of anilines is 2. The van der Waals surface area contributed by atoms with Crippen LogP contribution in [0.1, 0.15) is 39.0 Å². The molecule has 0 aliphatic carbocycles. The number of nitrogens with one attached hydrogen (secondary N) is 2. The van der Waals surface area contributed by atoms with E-state index in [9.17, 15) is 22.8 Å². The normalized spacial score (nSPS) is 12.9. The SMILES string of the molecule is O=C(NCC(CCNc1cccc2c1CN(c1ccc(OCc3ccccc3)nc1OCc1ccccc1)C2=O)C(F)(F)F)OCc1ccccc1. The Labute approximate surface area is 299 Å². The van der Waals surface area contributed by atoms with Gasteiger partial charge in [-0.3, -0.25) is 9.69 Å². The van der Waals surface area contributed by atoms with Gasteiger partial charge in [0.15, 0.2) is 0 Å². The number of alkyl carbamates (subject to hydrolysis) is 1. The maximum atomic E-state index is 13.9. The van der Waals surface area contributed by atoms with Crippen molar-refractivity contribution in [3.63, 3.8) is 0 Å². The van der Waals surface area contributed by atoms with Gasteiger partial charge in [0, 0.05) is 36.0 Å². The van der Waals surface area contributed by atoms with E-state index in [0.717, 1.165) is 16.7 Å². The number of ether oxygens (including phenoxy) is 3. The third-order valence-corrected chi connectivity index (χ3v) is 8.50. The van der Waals surface area contributed by atoms with Gasteiger partial charge in [-0.1, -0.05) is 97.1 Å². The lowest BCUT2D eigenvalue weighted by Crippen LogP contribution is -2.37. The molecule has 2 N–H and O–H groups in total. The van der Waals surface area contributed by atoms with Crippen LogP contribution < -0.4 is 25.0 Å². The smallest absolute Gasteiger partial charge is 0.407 e. The molecule has 5 aromatic rings. The second-order valence-corrected chi connectivity index (χ2v) is 12.1. The van der Waals surface area contributed by atoms with E-state index < -0.39 is 24.7 Å². The first kappa shape index (κ1) is 35.8. The summed E-state index contributed by atoms with van der Waals surface area (Å²) in [7, 11) is 0. The molecule has 4 aromatic carbocycles. The van der Waals surface area contributed by atoms with Crippen LogP contribution in [0, 0.1) is 5.92 Å². The number of benzene rings is 4. The molecule has 0 spiro atoms. The molecule has 0 radical (unpaired) electrons. The predicted molar refractivity (Wildman–Crippen MR) is 190 cm³/mol. The van der Waals surface area contributed by atoms with Gasteiger partial charge in [-0.05, 0) is 41.3 Å². The standard InChI is InChI=1S/C40H37F3N4O5/c41-40(42,43)31(23-45-39(49)52-27-30-15-8-3-9-16-30)21-22-44-34-18-10-17-32-33(34)24-47(38(32)48)35-19-20-36(50-25-28-11-4-1-5-12-28)46-37(35)51-26-29-13-6-2-7-14-29/h1-20,31,44H,21-27H2,(H,45,49). The van der Waals surface area contributed by atoms with Gasteiger partial charge in [-0.15, -0.1) is 0 Å². The first-order valence-corrected chi connectivity index (χ1v) is 16.8. The average molecular weight is 711 g/mol. The van der Waals surface area contributed by atoms with E-state index in [2.05, 4.69) is 15.6 Å². The fourth-order valence-corrected chi connectivity index (χ4v) is 5.70. The largest absolute Gasteiger partial charge is 0.473 e. The molecular formula is C40H37F3N4O5. The Morgan fingerprint density at radius 2 is 1.38 bits per heavy atom. The highest BCUT2D eigenvalue weighted by atomic mass is 19.4. The lowest BCUT2D eigenvalue weighted by atomic mass is 10.0. The van der Waals surface area contributed by atoms with Crippen molar-refractivity contribution in [3.8, 4) is 11.8 Å². The average Bonchev–Trinajstić information content (AvgIpc) is 3.50. The Balaban J connectivity index is 1.11. The van der Waals surface area contributed by atoms with Crippen molar-refractivity contribution in [1.29, 1.82) is 0 Å². The van der Waals surface area contributed by atoms with Gasteiger partial charge >= 0.3 is 12.3 Å². The maximum Gasteiger partial charge on any atom is 0.407 e. The fourth-order valence-electron chi connectivity index (χ4n) is 5.70. The molecule has 2 amide bonds. The topological polar surface area (TPSA) is 102 Å². The number of carbonyl (C=O) groups excluding carboxylic acids is 2. The molecule has 1 aromatic heterocycles. The molecule has 1 aliphatic rings. The van der Waals surface area contributed by atoms with Crippen molar-refractivity contribution in [2.24, 2.45) is 5.92 Å². The zero-order valence-electron chi connectivity index (χ0n) is 28.1. The number of rotatable bonds is 15. The van der Waals surface area contributed by atoms with Crippen LogP contribution in [0.25, 0.3) is 0 Å². The minimum atomic E-state index is -4.56. The van der Waals surface area contributed by atoms with Crippen LogP contribution in [0.5, 0.6) is 11.8 Å². The Morgan fingerprint density at radius 1 is 0.769 bits per heavy atom. The van der Waals surface area contributed by atoms with Crippen LogP contribution in [-0.4, -0.2) is 36.3 Å². The van der Waals surface area contributed by atoms with Gasteiger partial charge in [0.2, 0.25) is 11.8 Å². The van der Waals surface area contributed by atoms with Crippen molar-refractivity contribution in [2.45, 2.75) is 39.0 Å². The molecule has 268 valence electrons. The fraction of sp³-hybridized carbons (Fsp3) is 0.225. The number of aromatic nitrogens is 1. The third kappa shape index (κ3) is 9.39. The Bertz CT molecular complexity index is 1950. The van der Waals surface area contributed by atoms with Crippen LogP contribution in [0.2, 0.25) is 0 Å². The zero-order valence-corrected chi connectivity index (χ0v) is 28.1. The predicted octanol–water partition coefficient (Wildman–Crippen LogP) is 8.31. The molecule has 1 aliphatic heterocycles. The van der Waals surface area contributed by atoms with E-state index in [1.165, 1.54) is 4.90 Å². The summed E-state index contributed by atoms with van der Waals surface area (Å²) in [6, 6.07) is 36.5. The van der Waals surface area contributed by atoms with E-state index in [1.807, 2.05) is 66.7 Å². The van der Waals surface area contributed by atoms with E-state index in [1.54, 1.807) is 54.6 Å². The number of carbonyl (C=O) groups is 2. The summed E-state index contributed by atoms with van der Waals surface area (Å²) < 4.78 is 59.0. The summed E-state index contributed by atoms with van der Waals surface area (Å²) in [5.74, 6) is -1.60. The van der Waals surface area contributed by atoms with Crippen LogP contribution in [0.3, 0.4) is 0 Å². The number of fused-ring (bicyclic) bond motifs is 1. The first-order valence-electron chi connectivity index (χ1n) is 16.8. The molecule has 9 nitrogen and oxygen atoms in total. The quantitative estimate of drug-likeness (QED) is 0.113. The highest BCUT2D eigenvalue weighted by molar-refractivity contribution is 6.11. The summed E-state index contributed by atoms with van der Waals surface area (Å²) in [6.07, 6.45) is -5.81. The van der Waals surface area contributed by atoms with Crippen molar-refractivity contribution < 1.29 is 37.0 Å². The number of hydrogen-bond donors (Lipinski definition) is 2. The number of nitrogens with zero attached hydrogens (tertiary/aromatic N) is 2. The lowest BCUT2D eigenvalue weighted by Gasteiger charge is -2.22. The molecular weight excluding hydrogens is 673 g/mol. The minimum Gasteiger partial charge on any atom is -0.473 e. The molecule has 1 unspecified atom stereocenters. The molecule has 0 saturated carbocycles. The number of hydrogen-bond acceptors (Lipinski definition) is 7. The van der Waals surface area contributed by atoms with Gasteiger partial charge < -0.3 is 24.8 Å². The van der Waals surface area contributed by atoms with Crippen molar-refractivity contribution in [3.05, 3.63) is 149 Å². The number of pyridine rings is 1. The highest BCUT2D eigenvalue weighted by Gasteiger charge is 2.39. The lowest BCUT2D eigenvalue weighted by molar-refractivity contribution is -0.173. The van der Waals surface area contributed by atoms with Crippen LogP contribution >= 0.6 is 0 Å². The second-order valence-electron chi connectivity index (χ2n) is 12.1. The monoisotopic (exact) mass is 710 g/mol. The Morgan fingerprint density at radius 3 is 2.02 bits per heavy atom. The van der Waals surface area contributed by atoms with Gasteiger partial charge in [0.25, 0.3) is 5.91 Å². The van der Waals surface area contributed by atoms with Gasteiger partial charge in [0.1, 0.15) is 25.5 Å². The van der Waals surface area contributed by atoms with E-state index in [0.29, 0.717) is 28.4 Å². The van der Waals surface area contributed by atoms with Crippen molar-refractivity contribution in [2.75, 3.05) is 23.3 Å². The highest BCUT2D eigenvalue weighted by Crippen LogP contribution is 2.38. The molecule has 0 bridgehead atoms. The summed E-state index contributed by atoms with van der Waals surface area (Å²) >= 11 is 0. The molecule has 0 saturated heterocycles. The second kappa shape index (κ2) is 16.8. The number of alkyl halides is 3. The van der Waals surface area contributed by atoms with E-state index >= 15 is 0 Å². The van der Waals surface area contributed by atoms with Crippen LogP contribution in [0.4, 0.5) is 29.3 Å². The molecule has 2 heterocycles. The molecule has 0 fully saturated rings. The maximum absolute atomic E-state index is 13.9. The number of halogens is 3. The van der Waals surface area contributed by atoms with Crippen LogP contribution in [-0.2, 0) is 31.1 Å². The molecule has 12 heteroatoms. The Hall–Kier alpha value is -6.04. The van der Waals surface area contributed by atoms with E-state index in [4.69, 9.17) is 14.2 Å². The molecule has 52 heavy (non-hydrogen) atoms. The third-order valence-electron chi connectivity index (χ3n) is 8.50. The van der Waals surface area contributed by atoms with Crippen molar-refractivity contribution in [1.82, 2.24) is 10.3 Å². The minimum absolute atomic E-state index is 0.0529. The molecule has 1 atom stereocenters. The summed E-state index contributed by atoms with van der Waals surface area (Å²) in [4.78, 5) is 32.0. The zero-order chi connectivity index (χ0) is 36.3. The summed E-state index contributed by atoms with van der Waals surface area (Å²) in [6.45, 7) is -0.119. The van der Waals surface area contributed by atoms with E-state index in [-0.39, 0.29) is 51.1 Å². The van der Waals surface area contributed by atoms with Gasteiger partial charge in [-0.25, -0.2) is 4.79 Å². The summed E-state index contributed by atoms with van der Waals surface area (Å²) in [5.41, 5.74) is 4.60. The number of amides is 2. The van der Waals surface area contributed by atoms with Gasteiger partial charge in [0.05, 0.1) is 12.5 Å². The Kier molecular flexibility index (Phi) is 11.5. The molecule has 6 rings (SSSR count). The van der Waals surface area contributed by atoms with Crippen LogP contribution in [0.15, 0.2) is 121 Å². The van der Waals surface area contributed by atoms with Crippen molar-refractivity contribution >= 4 is 23.4 Å².